The third-order valence-corrected chi connectivity index (χ3v) is 2.48. The fourth-order valence-corrected chi connectivity index (χ4v) is 1.45. The van der Waals surface area contributed by atoms with Crippen LogP contribution < -0.4 is 11.1 Å². The summed E-state index contributed by atoms with van der Waals surface area (Å²) in [6, 6.07) is 0.394. The maximum absolute atomic E-state index is 5.63. The average molecular weight is 172 g/mol. The second-order valence-corrected chi connectivity index (χ2v) is 3.92. The summed E-state index contributed by atoms with van der Waals surface area (Å²) in [6.07, 6.45) is 2.35. The number of hydrogen-bond acceptors (Lipinski definition) is 3. The molecule has 1 saturated heterocycles. The molecule has 0 aromatic heterocycles. The smallest absolute Gasteiger partial charge is 0.0779 e. The third kappa shape index (κ3) is 2.73. The summed E-state index contributed by atoms with van der Waals surface area (Å²) in [5.41, 5.74) is 5.56. The van der Waals surface area contributed by atoms with Crippen molar-refractivity contribution in [3.63, 3.8) is 0 Å². The van der Waals surface area contributed by atoms with E-state index in [1.165, 1.54) is 6.42 Å². The lowest BCUT2D eigenvalue weighted by molar-refractivity contribution is 0.0193. The summed E-state index contributed by atoms with van der Waals surface area (Å²) >= 11 is 0. The Morgan fingerprint density at radius 1 is 1.67 bits per heavy atom. The van der Waals surface area contributed by atoms with Gasteiger partial charge in [-0.05, 0) is 26.7 Å². The minimum atomic E-state index is 0.0590. The molecule has 1 heterocycles. The highest BCUT2D eigenvalue weighted by atomic mass is 16.5. The summed E-state index contributed by atoms with van der Waals surface area (Å²) < 4.78 is 5.63. The standard InChI is InChI=1S/C9H20N2O/c1-8(6-10)11-7-9(2)4-3-5-12-9/h8,11H,3-7,10H2,1-2H3. The lowest BCUT2D eigenvalue weighted by atomic mass is 10.0. The molecule has 72 valence electrons. The summed E-state index contributed by atoms with van der Waals surface area (Å²) in [4.78, 5) is 0. The van der Waals surface area contributed by atoms with Crippen LogP contribution in [-0.2, 0) is 4.74 Å². The van der Waals surface area contributed by atoms with Gasteiger partial charge < -0.3 is 15.8 Å². The molecule has 0 amide bonds. The van der Waals surface area contributed by atoms with E-state index in [4.69, 9.17) is 10.5 Å². The van der Waals surface area contributed by atoms with Gasteiger partial charge in [0, 0.05) is 25.7 Å². The maximum Gasteiger partial charge on any atom is 0.0779 e. The fourth-order valence-electron chi connectivity index (χ4n) is 1.45. The first kappa shape index (κ1) is 9.96. The normalized spacial score (nSPS) is 32.2. The Kier molecular flexibility index (Phi) is 3.50. The van der Waals surface area contributed by atoms with E-state index in [9.17, 15) is 0 Å². The second-order valence-electron chi connectivity index (χ2n) is 3.92. The first-order valence-electron chi connectivity index (χ1n) is 4.74. The van der Waals surface area contributed by atoms with Crippen LogP contribution in [0.5, 0.6) is 0 Å². The van der Waals surface area contributed by atoms with Crippen LogP contribution >= 0.6 is 0 Å². The molecule has 1 aliphatic heterocycles. The molecule has 2 unspecified atom stereocenters. The van der Waals surface area contributed by atoms with Crippen molar-refractivity contribution in [2.45, 2.75) is 38.3 Å². The van der Waals surface area contributed by atoms with Crippen LogP contribution in [0.4, 0.5) is 0 Å². The molecule has 0 radical (unpaired) electrons. The van der Waals surface area contributed by atoms with Gasteiger partial charge >= 0.3 is 0 Å². The van der Waals surface area contributed by atoms with Crippen LogP contribution in [0.3, 0.4) is 0 Å². The molecule has 0 aromatic carbocycles. The van der Waals surface area contributed by atoms with E-state index in [2.05, 4.69) is 19.2 Å². The van der Waals surface area contributed by atoms with E-state index < -0.39 is 0 Å². The molecule has 0 saturated carbocycles. The van der Waals surface area contributed by atoms with Crippen molar-refractivity contribution in [1.82, 2.24) is 5.32 Å². The lowest BCUT2D eigenvalue weighted by Crippen LogP contribution is -2.43. The molecule has 1 rings (SSSR count). The highest BCUT2D eigenvalue weighted by molar-refractivity contribution is 4.83. The molecule has 0 aromatic rings. The van der Waals surface area contributed by atoms with Gasteiger partial charge in [-0.2, -0.15) is 0 Å². The predicted molar refractivity (Wildman–Crippen MR) is 50.1 cm³/mol. The first-order chi connectivity index (χ1) is 5.66. The number of nitrogens with two attached hydrogens (primary N) is 1. The van der Waals surface area contributed by atoms with Crippen molar-refractivity contribution in [1.29, 1.82) is 0 Å². The van der Waals surface area contributed by atoms with E-state index >= 15 is 0 Å². The molecule has 0 spiro atoms. The van der Waals surface area contributed by atoms with E-state index in [0.717, 1.165) is 19.6 Å². The van der Waals surface area contributed by atoms with Crippen LogP contribution in [0.1, 0.15) is 26.7 Å². The number of hydrogen-bond donors (Lipinski definition) is 2. The van der Waals surface area contributed by atoms with Crippen LogP contribution in [0.15, 0.2) is 0 Å². The minimum Gasteiger partial charge on any atom is -0.374 e. The largest absolute Gasteiger partial charge is 0.374 e. The van der Waals surface area contributed by atoms with Gasteiger partial charge in [0.15, 0.2) is 0 Å². The fraction of sp³-hybridized carbons (Fsp3) is 1.00. The second kappa shape index (κ2) is 4.21. The van der Waals surface area contributed by atoms with Crippen molar-refractivity contribution < 1.29 is 4.74 Å². The number of ether oxygens (including phenoxy) is 1. The Balaban J connectivity index is 2.21. The average Bonchev–Trinajstić information content (AvgIpc) is 2.49. The van der Waals surface area contributed by atoms with Crippen molar-refractivity contribution in [2.75, 3.05) is 19.7 Å². The molecule has 2 atom stereocenters. The maximum atomic E-state index is 5.63. The number of rotatable bonds is 4. The highest BCUT2D eigenvalue weighted by Crippen LogP contribution is 2.23. The Morgan fingerprint density at radius 2 is 2.42 bits per heavy atom. The van der Waals surface area contributed by atoms with Crippen molar-refractivity contribution >= 4 is 0 Å². The molecule has 0 aliphatic carbocycles. The molecule has 3 N–H and O–H groups in total. The van der Waals surface area contributed by atoms with Crippen LogP contribution in [0.2, 0.25) is 0 Å². The van der Waals surface area contributed by atoms with Gasteiger partial charge in [-0.25, -0.2) is 0 Å². The quantitative estimate of drug-likeness (QED) is 0.649. The Morgan fingerprint density at radius 3 is 2.92 bits per heavy atom. The van der Waals surface area contributed by atoms with E-state index in [1.807, 2.05) is 0 Å². The topological polar surface area (TPSA) is 47.3 Å². The molecular weight excluding hydrogens is 152 g/mol. The monoisotopic (exact) mass is 172 g/mol. The summed E-state index contributed by atoms with van der Waals surface area (Å²) in [7, 11) is 0. The molecule has 0 bridgehead atoms. The first-order valence-corrected chi connectivity index (χ1v) is 4.74. The van der Waals surface area contributed by atoms with Crippen LogP contribution in [-0.4, -0.2) is 31.3 Å². The molecular formula is C9H20N2O. The summed E-state index contributed by atoms with van der Waals surface area (Å²) in [5, 5.41) is 3.36. The van der Waals surface area contributed by atoms with Gasteiger partial charge in [-0.1, -0.05) is 0 Å². The highest BCUT2D eigenvalue weighted by Gasteiger charge is 2.29. The minimum absolute atomic E-state index is 0.0590. The van der Waals surface area contributed by atoms with Crippen molar-refractivity contribution in [2.24, 2.45) is 5.73 Å². The van der Waals surface area contributed by atoms with E-state index in [1.54, 1.807) is 0 Å². The lowest BCUT2D eigenvalue weighted by Gasteiger charge is -2.25. The molecule has 1 aliphatic rings. The van der Waals surface area contributed by atoms with E-state index in [0.29, 0.717) is 12.6 Å². The molecule has 1 fully saturated rings. The van der Waals surface area contributed by atoms with Gasteiger partial charge in [-0.3, -0.25) is 0 Å². The Hall–Kier alpha value is -0.120. The van der Waals surface area contributed by atoms with Gasteiger partial charge in [0.2, 0.25) is 0 Å². The Bertz CT molecular complexity index is 132. The zero-order valence-electron chi connectivity index (χ0n) is 8.10. The number of nitrogens with one attached hydrogen (secondary N) is 1. The molecule has 3 nitrogen and oxygen atoms in total. The third-order valence-electron chi connectivity index (χ3n) is 2.48. The summed E-state index contributed by atoms with van der Waals surface area (Å²) in [6.45, 7) is 6.78. The predicted octanol–water partition coefficient (Wildman–Crippen LogP) is 0.492. The van der Waals surface area contributed by atoms with Gasteiger partial charge in [0.05, 0.1) is 5.60 Å². The summed E-state index contributed by atoms with van der Waals surface area (Å²) in [5.74, 6) is 0. The zero-order chi connectivity index (χ0) is 9.03. The van der Waals surface area contributed by atoms with Crippen LogP contribution in [0.25, 0.3) is 0 Å². The molecule has 3 heteroatoms. The van der Waals surface area contributed by atoms with Crippen molar-refractivity contribution in [3.05, 3.63) is 0 Å². The zero-order valence-corrected chi connectivity index (χ0v) is 8.10. The Labute approximate surface area is 74.7 Å². The van der Waals surface area contributed by atoms with Crippen molar-refractivity contribution in [3.8, 4) is 0 Å². The van der Waals surface area contributed by atoms with Crippen LogP contribution in [0, 0.1) is 0 Å². The van der Waals surface area contributed by atoms with Gasteiger partial charge in [0.1, 0.15) is 0 Å². The molecule has 12 heavy (non-hydrogen) atoms. The SMILES string of the molecule is CC(CN)NCC1(C)CCCO1. The van der Waals surface area contributed by atoms with Gasteiger partial charge in [0.25, 0.3) is 0 Å². The van der Waals surface area contributed by atoms with Gasteiger partial charge in [-0.15, -0.1) is 0 Å². The van der Waals surface area contributed by atoms with E-state index in [-0.39, 0.29) is 5.60 Å².